The minimum Gasteiger partial charge on any atom is -0.336 e. The molecule has 0 saturated heterocycles. The van der Waals surface area contributed by atoms with Gasteiger partial charge in [0.1, 0.15) is 0 Å². The number of carbonyl (C=O) groups is 2. The van der Waals surface area contributed by atoms with Gasteiger partial charge in [0.2, 0.25) is 11.8 Å². The van der Waals surface area contributed by atoms with E-state index in [4.69, 9.17) is 11.6 Å². The van der Waals surface area contributed by atoms with Gasteiger partial charge in [-0.15, -0.1) is 0 Å². The van der Waals surface area contributed by atoms with Gasteiger partial charge >= 0.3 is 0 Å². The van der Waals surface area contributed by atoms with E-state index in [0.717, 1.165) is 12.8 Å². The molecule has 0 aliphatic rings. The van der Waals surface area contributed by atoms with Crippen LogP contribution in [0, 0.1) is 0 Å². The van der Waals surface area contributed by atoms with Gasteiger partial charge in [-0.1, -0.05) is 37.6 Å². The maximum absolute atomic E-state index is 12.7. The smallest absolute Gasteiger partial charge is 0.238 e. The summed E-state index contributed by atoms with van der Waals surface area (Å²) in [6.07, 6.45) is 1.82. The number of nitrogens with zero attached hydrogens (tertiary/aromatic N) is 2. The molecule has 1 N–H and O–H groups in total. The minimum atomic E-state index is -0.193. The van der Waals surface area contributed by atoms with Crippen LogP contribution in [0.5, 0.6) is 0 Å². The Hall–Kier alpha value is -1.59. The monoisotopic (exact) mass is 367 g/mol. The van der Waals surface area contributed by atoms with Crippen molar-refractivity contribution in [2.45, 2.75) is 52.6 Å². The molecule has 6 heteroatoms. The maximum atomic E-state index is 12.7. The van der Waals surface area contributed by atoms with Crippen LogP contribution in [0.4, 0.5) is 5.69 Å². The van der Waals surface area contributed by atoms with Gasteiger partial charge in [0, 0.05) is 12.1 Å². The number of anilines is 1. The Balaban J connectivity index is 2.61. The molecular weight excluding hydrogens is 338 g/mol. The predicted molar refractivity (Wildman–Crippen MR) is 104 cm³/mol. The van der Waals surface area contributed by atoms with Crippen LogP contribution in [0.3, 0.4) is 0 Å². The molecule has 0 aliphatic heterocycles. The van der Waals surface area contributed by atoms with E-state index in [2.05, 4.69) is 33.0 Å². The Labute approximate surface area is 156 Å². The lowest BCUT2D eigenvalue weighted by molar-refractivity contribution is -0.136. The molecular formula is C19H30ClN3O2. The topological polar surface area (TPSA) is 52.7 Å². The van der Waals surface area contributed by atoms with Crippen LogP contribution in [-0.4, -0.2) is 53.8 Å². The van der Waals surface area contributed by atoms with Crippen molar-refractivity contribution >= 4 is 29.1 Å². The molecule has 0 aliphatic carbocycles. The van der Waals surface area contributed by atoms with E-state index in [1.165, 1.54) is 0 Å². The van der Waals surface area contributed by atoms with E-state index in [1.807, 2.05) is 11.0 Å². The van der Waals surface area contributed by atoms with E-state index in [-0.39, 0.29) is 37.0 Å². The van der Waals surface area contributed by atoms with E-state index in [9.17, 15) is 9.59 Å². The number of carbonyl (C=O) groups excluding carboxylic acids is 2. The molecule has 0 spiro atoms. The highest BCUT2D eigenvalue weighted by Gasteiger charge is 2.24. The lowest BCUT2D eigenvalue weighted by atomic mass is 10.1. The van der Waals surface area contributed by atoms with Crippen molar-refractivity contribution in [3.8, 4) is 0 Å². The van der Waals surface area contributed by atoms with Gasteiger partial charge in [-0.05, 0) is 45.9 Å². The van der Waals surface area contributed by atoms with Crippen LogP contribution in [0.2, 0.25) is 5.02 Å². The first kappa shape index (κ1) is 21.5. The molecule has 1 aromatic carbocycles. The van der Waals surface area contributed by atoms with Gasteiger partial charge in [-0.25, -0.2) is 0 Å². The third-order valence-electron chi connectivity index (χ3n) is 4.39. The predicted octanol–water partition coefficient (Wildman–Crippen LogP) is 3.64. The molecule has 140 valence electrons. The van der Waals surface area contributed by atoms with Crippen LogP contribution < -0.4 is 5.32 Å². The van der Waals surface area contributed by atoms with Gasteiger partial charge in [-0.2, -0.15) is 0 Å². The first-order valence-electron chi connectivity index (χ1n) is 8.84. The lowest BCUT2D eigenvalue weighted by Crippen LogP contribution is -2.49. The quantitative estimate of drug-likeness (QED) is 0.725. The van der Waals surface area contributed by atoms with Gasteiger partial charge in [0.05, 0.1) is 23.8 Å². The van der Waals surface area contributed by atoms with Gasteiger partial charge in [0.25, 0.3) is 0 Å². The molecule has 0 fully saturated rings. The molecule has 0 aromatic heterocycles. The van der Waals surface area contributed by atoms with Gasteiger partial charge < -0.3 is 10.2 Å². The van der Waals surface area contributed by atoms with E-state index in [0.29, 0.717) is 10.7 Å². The normalized spacial score (nSPS) is 13.4. The fourth-order valence-electron chi connectivity index (χ4n) is 2.69. The summed E-state index contributed by atoms with van der Waals surface area (Å²) < 4.78 is 0. The summed E-state index contributed by atoms with van der Waals surface area (Å²) in [6.45, 7) is 8.63. The van der Waals surface area contributed by atoms with Gasteiger partial charge in [-0.3, -0.25) is 14.5 Å². The molecule has 1 aromatic rings. The highest BCUT2D eigenvalue weighted by molar-refractivity contribution is 6.33. The highest BCUT2D eigenvalue weighted by atomic mass is 35.5. The number of hydrogen-bond donors (Lipinski definition) is 1. The Morgan fingerprint density at radius 3 is 2.16 bits per heavy atom. The molecule has 25 heavy (non-hydrogen) atoms. The first-order valence-corrected chi connectivity index (χ1v) is 9.21. The van der Waals surface area contributed by atoms with E-state index in [1.54, 1.807) is 30.1 Å². The SMILES string of the molecule is CC[C@@H](C)N(C(=O)CN(C)CC(=O)Nc1ccccc1Cl)[C@H](C)CC. The van der Waals surface area contributed by atoms with Crippen molar-refractivity contribution in [3.05, 3.63) is 29.3 Å². The van der Waals surface area contributed by atoms with Crippen LogP contribution in [0.15, 0.2) is 24.3 Å². The second kappa shape index (κ2) is 10.4. The maximum Gasteiger partial charge on any atom is 0.238 e. The molecule has 0 unspecified atom stereocenters. The number of rotatable bonds is 9. The Morgan fingerprint density at radius 1 is 1.08 bits per heavy atom. The zero-order chi connectivity index (χ0) is 19.0. The fraction of sp³-hybridized carbons (Fsp3) is 0.579. The number of benzene rings is 1. The average molecular weight is 368 g/mol. The molecule has 0 saturated carbocycles. The van der Waals surface area contributed by atoms with Crippen molar-refractivity contribution < 1.29 is 9.59 Å². The highest BCUT2D eigenvalue weighted by Crippen LogP contribution is 2.20. The van der Waals surface area contributed by atoms with Crippen LogP contribution in [0.1, 0.15) is 40.5 Å². The Morgan fingerprint density at radius 2 is 1.64 bits per heavy atom. The van der Waals surface area contributed by atoms with Crippen molar-refractivity contribution in [3.63, 3.8) is 0 Å². The number of amides is 2. The fourth-order valence-corrected chi connectivity index (χ4v) is 2.87. The van der Waals surface area contributed by atoms with E-state index >= 15 is 0 Å². The number of nitrogens with one attached hydrogen (secondary N) is 1. The summed E-state index contributed by atoms with van der Waals surface area (Å²) >= 11 is 6.04. The largest absolute Gasteiger partial charge is 0.336 e. The third-order valence-corrected chi connectivity index (χ3v) is 4.72. The number of hydrogen-bond acceptors (Lipinski definition) is 3. The minimum absolute atomic E-state index is 0.0525. The molecule has 5 nitrogen and oxygen atoms in total. The summed E-state index contributed by atoms with van der Waals surface area (Å²) in [5.74, 6) is -0.140. The average Bonchev–Trinajstić information content (AvgIpc) is 2.56. The summed E-state index contributed by atoms with van der Waals surface area (Å²) in [7, 11) is 1.77. The van der Waals surface area contributed by atoms with Crippen molar-refractivity contribution in [2.24, 2.45) is 0 Å². The summed E-state index contributed by atoms with van der Waals surface area (Å²) in [5.41, 5.74) is 0.578. The van der Waals surface area contributed by atoms with Crippen LogP contribution in [0.25, 0.3) is 0 Å². The zero-order valence-corrected chi connectivity index (χ0v) is 16.6. The molecule has 0 heterocycles. The van der Waals surface area contributed by atoms with Crippen molar-refractivity contribution in [1.29, 1.82) is 0 Å². The Bertz CT molecular complexity index is 570. The number of likely N-dealkylation sites (N-methyl/N-ethyl adjacent to an activating group) is 1. The lowest BCUT2D eigenvalue weighted by Gasteiger charge is -2.35. The molecule has 0 bridgehead atoms. The summed E-state index contributed by atoms with van der Waals surface area (Å²) in [5, 5.41) is 3.27. The Kier molecular flexibility index (Phi) is 8.93. The number of para-hydroxylation sites is 1. The molecule has 2 atom stereocenters. The molecule has 0 radical (unpaired) electrons. The van der Waals surface area contributed by atoms with Gasteiger partial charge in [0.15, 0.2) is 0 Å². The number of halogens is 1. The van der Waals surface area contributed by atoms with Crippen molar-refractivity contribution in [1.82, 2.24) is 9.80 Å². The first-order chi connectivity index (χ1) is 11.8. The second-order valence-corrected chi connectivity index (χ2v) is 6.92. The van der Waals surface area contributed by atoms with E-state index < -0.39 is 0 Å². The second-order valence-electron chi connectivity index (χ2n) is 6.52. The van der Waals surface area contributed by atoms with Crippen LogP contribution in [-0.2, 0) is 9.59 Å². The summed E-state index contributed by atoms with van der Waals surface area (Å²) in [6, 6.07) is 7.46. The summed E-state index contributed by atoms with van der Waals surface area (Å²) in [4.78, 5) is 28.5. The third kappa shape index (κ3) is 6.67. The van der Waals surface area contributed by atoms with Crippen molar-refractivity contribution in [2.75, 3.05) is 25.5 Å². The zero-order valence-electron chi connectivity index (χ0n) is 15.9. The standard InChI is InChI=1S/C19H30ClN3O2/c1-6-14(3)23(15(4)7-2)19(25)13-22(5)12-18(24)21-17-11-9-8-10-16(17)20/h8-11,14-15H,6-7,12-13H2,1-5H3,(H,21,24)/t14-,15-/m1/s1. The molecule has 2 amide bonds. The molecule has 1 rings (SSSR count). The van der Waals surface area contributed by atoms with Crippen LogP contribution >= 0.6 is 11.6 Å².